The molecule has 1 heterocycles. The van der Waals surface area contributed by atoms with Gasteiger partial charge in [-0.05, 0) is 56.3 Å². The molecule has 0 bridgehead atoms. The van der Waals surface area contributed by atoms with Crippen LogP contribution in [0.3, 0.4) is 0 Å². The molecule has 2 N–H and O–H groups in total. The van der Waals surface area contributed by atoms with Crippen LogP contribution in [0.15, 0.2) is 18.2 Å². The number of nitrogens with zero attached hydrogens (tertiary/aromatic N) is 1. The zero-order valence-electron chi connectivity index (χ0n) is 12.9. The van der Waals surface area contributed by atoms with Gasteiger partial charge in [-0.2, -0.15) is 0 Å². The smallest absolute Gasteiger partial charge is 0.0599 e. The van der Waals surface area contributed by atoms with Crippen LogP contribution >= 0.6 is 0 Å². The van der Waals surface area contributed by atoms with E-state index in [0.717, 1.165) is 52.0 Å². The van der Waals surface area contributed by atoms with Gasteiger partial charge in [0.1, 0.15) is 0 Å². The van der Waals surface area contributed by atoms with Crippen LogP contribution in [0.1, 0.15) is 36.0 Å². The highest BCUT2D eigenvalue weighted by molar-refractivity contribution is 5.33. The van der Waals surface area contributed by atoms with E-state index in [4.69, 9.17) is 10.5 Å². The highest BCUT2D eigenvalue weighted by Crippen LogP contribution is 2.20. The molecule has 3 nitrogen and oxygen atoms in total. The Kier molecular flexibility index (Phi) is 6.02. The number of aryl methyl sites for hydroxylation is 2. The largest absolute Gasteiger partial charge is 0.378 e. The van der Waals surface area contributed by atoms with Crippen molar-refractivity contribution in [2.24, 2.45) is 5.73 Å². The number of rotatable bonds is 6. The Balaban J connectivity index is 1.80. The number of ether oxygens (including phenoxy) is 1. The van der Waals surface area contributed by atoms with Gasteiger partial charge in [0.25, 0.3) is 0 Å². The van der Waals surface area contributed by atoms with Gasteiger partial charge in [0, 0.05) is 26.2 Å². The summed E-state index contributed by atoms with van der Waals surface area (Å²) in [5, 5.41) is 0. The lowest BCUT2D eigenvalue weighted by molar-refractivity contribution is 0.00557. The van der Waals surface area contributed by atoms with Gasteiger partial charge in [-0.15, -0.1) is 0 Å². The molecule has 2 rings (SSSR count). The Morgan fingerprint density at radius 2 is 1.85 bits per heavy atom. The molecule has 112 valence electrons. The first-order valence-electron chi connectivity index (χ1n) is 7.80. The van der Waals surface area contributed by atoms with Gasteiger partial charge in [0.05, 0.1) is 6.10 Å². The molecular formula is C17H28N2O. The van der Waals surface area contributed by atoms with Crippen molar-refractivity contribution in [1.29, 1.82) is 0 Å². The Hall–Kier alpha value is -0.900. The van der Waals surface area contributed by atoms with E-state index in [9.17, 15) is 0 Å². The summed E-state index contributed by atoms with van der Waals surface area (Å²) >= 11 is 0. The Morgan fingerprint density at radius 3 is 2.45 bits per heavy atom. The second kappa shape index (κ2) is 7.77. The minimum absolute atomic E-state index is 0.441. The summed E-state index contributed by atoms with van der Waals surface area (Å²) in [5.41, 5.74) is 9.80. The lowest BCUT2D eigenvalue weighted by atomic mass is 10.0. The zero-order valence-corrected chi connectivity index (χ0v) is 12.9. The number of piperidine rings is 1. The first-order chi connectivity index (χ1) is 9.70. The summed E-state index contributed by atoms with van der Waals surface area (Å²) < 4.78 is 5.86. The molecule has 0 aliphatic carbocycles. The zero-order chi connectivity index (χ0) is 14.4. The van der Waals surface area contributed by atoms with E-state index in [1.165, 1.54) is 16.7 Å². The van der Waals surface area contributed by atoms with Gasteiger partial charge >= 0.3 is 0 Å². The summed E-state index contributed by atoms with van der Waals surface area (Å²) in [7, 11) is 0. The molecule has 1 saturated heterocycles. The van der Waals surface area contributed by atoms with Gasteiger partial charge in [-0.3, -0.25) is 4.90 Å². The molecule has 0 atom stereocenters. The fourth-order valence-corrected chi connectivity index (χ4v) is 2.89. The molecule has 0 amide bonds. The Bertz CT molecular complexity index is 391. The van der Waals surface area contributed by atoms with E-state index in [-0.39, 0.29) is 0 Å². The molecular weight excluding hydrogens is 248 g/mol. The molecule has 1 aliphatic heterocycles. The molecule has 0 unspecified atom stereocenters. The number of benzene rings is 1. The summed E-state index contributed by atoms with van der Waals surface area (Å²) in [6, 6.07) is 6.57. The van der Waals surface area contributed by atoms with Crippen LogP contribution in [0.5, 0.6) is 0 Å². The first-order valence-corrected chi connectivity index (χ1v) is 7.80. The average molecular weight is 276 g/mol. The fraction of sp³-hybridized carbons (Fsp3) is 0.647. The third-order valence-corrected chi connectivity index (χ3v) is 4.26. The normalized spacial score (nSPS) is 17.6. The third kappa shape index (κ3) is 4.30. The second-order valence-electron chi connectivity index (χ2n) is 5.86. The van der Waals surface area contributed by atoms with Crippen LogP contribution in [0.2, 0.25) is 0 Å². The Morgan fingerprint density at radius 1 is 1.20 bits per heavy atom. The number of nitrogens with two attached hydrogens (primary N) is 1. The van der Waals surface area contributed by atoms with Gasteiger partial charge in [0.2, 0.25) is 0 Å². The van der Waals surface area contributed by atoms with Crippen LogP contribution in [0.4, 0.5) is 0 Å². The van der Waals surface area contributed by atoms with Crippen LogP contribution in [-0.2, 0) is 11.3 Å². The lowest BCUT2D eigenvalue weighted by Gasteiger charge is -2.32. The van der Waals surface area contributed by atoms with E-state index in [1.807, 2.05) is 0 Å². The van der Waals surface area contributed by atoms with Crippen LogP contribution in [0.25, 0.3) is 0 Å². The van der Waals surface area contributed by atoms with E-state index < -0.39 is 0 Å². The van der Waals surface area contributed by atoms with E-state index in [0.29, 0.717) is 6.10 Å². The Labute approximate surface area is 123 Å². The summed E-state index contributed by atoms with van der Waals surface area (Å²) in [6.07, 6.45) is 3.71. The number of hydrogen-bond acceptors (Lipinski definition) is 3. The van der Waals surface area contributed by atoms with Crippen molar-refractivity contribution in [2.75, 3.05) is 26.2 Å². The average Bonchev–Trinajstić information content (AvgIpc) is 2.45. The predicted octanol–water partition coefficient (Wildman–Crippen LogP) is 2.63. The van der Waals surface area contributed by atoms with E-state index >= 15 is 0 Å². The monoisotopic (exact) mass is 276 g/mol. The van der Waals surface area contributed by atoms with E-state index in [1.54, 1.807) is 0 Å². The van der Waals surface area contributed by atoms with Crippen molar-refractivity contribution in [3.63, 3.8) is 0 Å². The van der Waals surface area contributed by atoms with Gasteiger partial charge in [-0.25, -0.2) is 0 Å². The quantitative estimate of drug-likeness (QED) is 0.812. The molecule has 0 aromatic heterocycles. The predicted molar refractivity (Wildman–Crippen MR) is 83.8 cm³/mol. The molecule has 0 spiro atoms. The topological polar surface area (TPSA) is 38.5 Å². The number of likely N-dealkylation sites (tertiary alicyclic amines) is 1. The fourth-order valence-electron chi connectivity index (χ4n) is 2.89. The van der Waals surface area contributed by atoms with E-state index in [2.05, 4.69) is 36.9 Å². The van der Waals surface area contributed by atoms with Crippen LogP contribution in [0, 0.1) is 13.8 Å². The summed E-state index contributed by atoms with van der Waals surface area (Å²) in [4.78, 5) is 2.55. The molecule has 1 aromatic rings. The highest BCUT2D eigenvalue weighted by atomic mass is 16.5. The molecule has 0 radical (unpaired) electrons. The van der Waals surface area contributed by atoms with Crippen molar-refractivity contribution in [3.8, 4) is 0 Å². The standard InChI is InChI=1S/C17H28N2O/c1-14-5-3-6-15(2)17(14)13-19-10-7-16(8-11-19)20-12-4-9-18/h3,5-6,16H,4,7-13,18H2,1-2H3. The molecule has 1 fully saturated rings. The van der Waals surface area contributed by atoms with Gasteiger partial charge in [-0.1, -0.05) is 18.2 Å². The summed E-state index contributed by atoms with van der Waals surface area (Å²) in [6.45, 7) is 9.33. The first kappa shape index (κ1) is 15.5. The minimum atomic E-state index is 0.441. The van der Waals surface area contributed by atoms with Gasteiger partial charge < -0.3 is 10.5 Å². The molecule has 20 heavy (non-hydrogen) atoms. The van der Waals surface area contributed by atoms with Crippen LogP contribution < -0.4 is 5.73 Å². The second-order valence-corrected chi connectivity index (χ2v) is 5.86. The number of hydrogen-bond donors (Lipinski definition) is 1. The van der Waals surface area contributed by atoms with Crippen molar-refractivity contribution >= 4 is 0 Å². The van der Waals surface area contributed by atoms with Crippen LogP contribution in [-0.4, -0.2) is 37.2 Å². The molecule has 1 aromatic carbocycles. The van der Waals surface area contributed by atoms with Crippen molar-refractivity contribution in [1.82, 2.24) is 4.90 Å². The molecule has 1 aliphatic rings. The maximum absolute atomic E-state index is 5.86. The van der Waals surface area contributed by atoms with Crippen molar-refractivity contribution < 1.29 is 4.74 Å². The van der Waals surface area contributed by atoms with Crippen molar-refractivity contribution in [3.05, 3.63) is 34.9 Å². The lowest BCUT2D eigenvalue weighted by Crippen LogP contribution is -2.37. The molecule has 0 saturated carbocycles. The third-order valence-electron chi connectivity index (χ3n) is 4.26. The van der Waals surface area contributed by atoms with Crippen molar-refractivity contribution in [2.45, 2.75) is 45.8 Å². The maximum atomic E-state index is 5.86. The highest BCUT2D eigenvalue weighted by Gasteiger charge is 2.20. The minimum Gasteiger partial charge on any atom is -0.378 e. The molecule has 3 heteroatoms. The van der Waals surface area contributed by atoms with Gasteiger partial charge in [0.15, 0.2) is 0 Å². The summed E-state index contributed by atoms with van der Waals surface area (Å²) in [5.74, 6) is 0. The maximum Gasteiger partial charge on any atom is 0.0599 e. The SMILES string of the molecule is Cc1cccc(C)c1CN1CCC(OCCCN)CC1.